The molecule has 5 heteroatoms. The largest absolute Gasteiger partial charge is 0.483 e. The van der Waals surface area contributed by atoms with Gasteiger partial charge in [-0.05, 0) is 67.9 Å². The number of benzene rings is 2. The van der Waals surface area contributed by atoms with Crippen LogP contribution in [0.2, 0.25) is 0 Å². The normalized spacial score (nSPS) is 25.4. The van der Waals surface area contributed by atoms with E-state index < -0.39 is 11.1 Å². The number of carbonyl (C=O) groups is 1. The lowest BCUT2D eigenvalue weighted by atomic mass is 9.71. The fourth-order valence-electron chi connectivity index (χ4n) is 5.34. The summed E-state index contributed by atoms with van der Waals surface area (Å²) in [6.07, 6.45) is 5.45. The molecule has 1 unspecified atom stereocenters. The molecule has 2 aromatic carbocycles. The van der Waals surface area contributed by atoms with Crippen LogP contribution in [-0.4, -0.2) is 29.4 Å². The minimum Gasteiger partial charge on any atom is -0.483 e. The summed E-state index contributed by atoms with van der Waals surface area (Å²) in [6, 6.07) is 14.5. The number of carbonyl (C=O) groups excluding carboxylic acids is 1. The van der Waals surface area contributed by atoms with Crippen LogP contribution < -0.4 is 10.5 Å². The van der Waals surface area contributed by atoms with E-state index in [4.69, 9.17) is 15.5 Å². The van der Waals surface area contributed by atoms with E-state index in [-0.39, 0.29) is 11.9 Å². The van der Waals surface area contributed by atoms with Crippen molar-refractivity contribution >= 4 is 11.9 Å². The van der Waals surface area contributed by atoms with Crippen LogP contribution in [0.15, 0.2) is 47.5 Å². The Labute approximate surface area is 182 Å². The van der Waals surface area contributed by atoms with Crippen molar-refractivity contribution in [1.82, 2.24) is 4.90 Å². The number of rotatable bonds is 0. The molecule has 156 valence electrons. The Kier molecular flexibility index (Phi) is 3.80. The Balaban J connectivity index is 1.50. The van der Waals surface area contributed by atoms with Gasteiger partial charge in [-0.2, -0.15) is 0 Å². The van der Waals surface area contributed by atoms with E-state index in [0.717, 1.165) is 29.7 Å². The number of ether oxygens (including phenoxy) is 1. The van der Waals surface area contributed by atoms with Crippen molar-refractivity contribution in [2.75, 3.05) is 7.05 Å². The second kappa shape index (κ2) is 6.37. The maximum Gasteiger partial charge on any atom is 0.266 e. The minimum absolute atomic E-state index is 0.109. The van der Waals surface area contributed by atoms with E-state index in [1.807, 2.05) is 18.2 Å². The van der Waals surface area contributed by atoms with E-state index in [0.29, 0.717) is 18.8 Å². The van der Waals surface area contributed by atoms with Gasteiger partial charge in [-0.15, -0.1) is 0 Å². The lowest BCUT2D eigenvalue weighted by molar-refractivity contribution is -0.138. The van der Waals surface area contributed by atoms with Crippen LogP contribution in [0.3, 0.4) is 0 Å². The van der Waals surface area contributed by atoms with Gasteiger partial charge in [0, 0.05) is 24.1 Å². The van der Waals surface area contributed by atoms with E-state index in [1.165, 1.54) is 28.9 Å². The van der Waals surface area contributed by atoms with Gasteiger partial charge in [0.2, 0.25) is 5.54 Å². The predicted octanol–water partition coefficient (Wildman–Crippen LogP) is 3.14. The van der Waals surface area contributed by atoms with Gasteiger partial charge in [0.25, 0.3) is 5.91 Å². The molecule has 4 aliphatic rings. The molecule has 2 N–H and O–H groups in total. The Bertz CT molecular complexity index is 1170. The Morgan fingerprint density at radius 2 is 1.84 bits per heavy atom. The molecule has 5 nitrogen and oxygen atoms in total. The molecular formula is C26H25N3O2. The average Bonchev–Trinajstić information content (AvgIpc) is 3.56. The molecule has 1 atom stereocenters. The third-order valence-electron chi connectivity index (χ3n) is 7.29. The monoisotopic (exact) mass is 411 g/mol. The first kappa shape index (κ1) is 18.5. The van der Waals surface area contributed by atoms with Gasteiger partial charge in [0.05, 0.1) is 0 Å². The van der Waals surface area contributed by atoms with Gasteiger partial charge >= 0.3 is 0 Å². The standard InChI is InChI=1S/C26H25N3O2/c1-29-23(30)26(28-24(29)27)21-16-18(9-8-17-6-7-17)10-11-22(21)31-25(26)14-12-19-4-2-3-5-20(19)13-15-25/h2-5,10-11,16-17H,6-7,12-15H2,1H3,(H2,27,28). The molecular weight excluding hydrogens is 386 g/mol. The summed E-state index contributed by atoms with van der Waals surface area (Å²) < 4.78 is 6.69. The summed E-state index contributed by atoms with van der Waals surface area (Å²) in [7, 11) is 1.70. The number of aryl methyl sites for hydroxylation is 2. The van der Waals surface area contributed by atoms with E-state index >= 15 is 0 Å². The topological polar surface area (TPSA) is 67.9 Å². The first-order valence-electron chi connectivity index (χ1n) is 11.1. The van der Waals surface area contributed by atoms with Crippen molar-refractivity contribution in [3.8, 4) is 17.6 Å². The van der Waals surface area contributed by atoms with E-state index in [1.54, 1.807) is 7.05 Å². The first-order valence-corrected chi connectivity index (χ1v) is 11.1. The molecule has 0 aromatic heterocycles. The van der Waals surface area contributed by atoms with E-state index in [9.17, 15) is 4.79 Å². The fraction of sp³-hybridized carbons (Fsp3) is 0.385. The van der Waals surface area contributed by atoms with Gasteiger partial charge < -0.3 is 10.5 Å². The molecule has 0 radical (unpaired) electrons. The number of aliphatic imine (C=N–C) groups is 1. The Hall–Kier alpha value is -3.26. The maximum atomic E-state index is 13.8. The van der Waals surface area contributed by atoms with Crippen LogP contribution >= 0.6 is 0 Å². The Morgan fingerprint density at radius 3 is 2.45 bits per heavy atom. The molecule has 2 heterocycles. The third-order valence-corrected chi connectivity index (χ3v) is 7.29. The number of hydrogen-bond acceptors (Lipinski definition) is 4. The van der Waals surface area contributed by atoms with Crippen LogP contribution in [0.4, 0.5) is 0 Å². The molecule has 1 saturated carbocycles. The summed E-state index contributed by atoms with van der Waals surface area (Å²) in [5.74, 6) is 7.98. The molecule has 31 heavy (non-hydrogen) atoms. The van der Waals surface area contributed by atoms with Gasteiger partial charge in [-0.3, -0.25) is 9.69 Å². The summed E-state index contributed by atoms with van der Waals surface area (Å²) in [6.45, 7) is 0. The maximum absolute atomic E-state index is 13.8. The average molecular weight is 412 g/mol. The minimum atomic E-state index is -1.15. The number of nitrogens with two attached hydrogens (primary N) is 1. The molecule has 0 bridgehead atoms. The molecule has 1 fully saturated rings. The number of likely N-dealkylation sites (N-methyl/N-ethyl adjacent to an activating group) is 1. The highest BCUT2D eigenvalue weighted by molar-refractivity contribution is 6.08. The highest BCUT2D eigenvalue weighted by Gasteiger charge is 2.68. The molecule has 6 rings (SSSR count). The van der Waals surface area contributed by atoms with Crippen molar-refractivity contribution < 1.29 is 9.53 Å². The zero-order valence-electron chi connectivity index (χ0n) is 17.6. The van der Waals surface area contributed by atoms with Crippen molar-refractivity contribution in [1.29, 1.82) is 0 Å². The summed E-state index contributed by atoms with van der Waals surface area (Å²) in [4.78, 5) is 20.1. The summed E-state index contributed by atoms with van der Waals surface area (Å²) in [5, 5.41) is 0. The van der Waals surface area contributed by atoms with Crippen molar-refractivity contribution in [3.05, 3.63) is 64.7 Å². The smallest absolute Gasteiger partial charge is 0.266 e. The van der Waals surface area contributed by atoms with Crippen LogP contribution in [-0.2, 0) is 23.2 Å². The Morgan fingerprint density at radius 1 is 1.13 bits per heavy atom. The molecule has 2 spiro atoms. The fourth-order valence-corrected chi connectivity index (χ4v) is 5.34. The zero-order valence-corrected chi connectivity index (χ0v) is 17.6. The molecule has 2 aliphatic heterocycles. The predicted molar refractivity (Wildman–Crippen MR) is 119 cm³/mol. The number of amides is 1. The molecule has 0 saturated heterocycles. The van der Waals surface area contributed by atoms with Gasteiger partial charge in [-0.25, -0.2) is 4.99 Å². The highest BCUT2D eigenvalue weighted by atomic mass is 16.5. The second-order valence-electron chi connectivity index (χ2n) is 9.16. The van der Waals surface area contributed by atoms with E-state index in [2.05, 4.69) is 36.1 Å². The molecule has 2 aromatic rings. The summed E-state index contributed by atoms with van der Waals surface area (Å²) in [5.41, 5.74) is 8.64. The van der Waals surface area contributed by atoms with Crippen LogP contribution in [0.5, 0.6) is 5.75 Å². The number of guanidine groups is 1. The molecule has 2 aliphatic carbocycles. The summed E-state index contributed by atoms with van der Waals surface area (Å²) >= 11 is 0. The number of nitrogens with zero attached hydrogens (tertiary/aromatic N) is 2. The van der Waals surface area contributed by atoms with Gasteiger partial charge in [0.15, 0.2) is 5.96 Å². The first-order chi connectivity index (χ1) is 15.0. The SMILES string of the molecule is CN1C(=O)C2(N=C1N)c1cc(C#CC3CC3)ccc1OC21CCc2ccccc2CC1. The highest BCUT2D eigenvalue weighted by Crippen LogP contribution is 2.57. The lowest BCUT2D eigenvalue weighted by Crippen LogP contribution is -2.56. The van der Waals surface area contributed by atoms with Crippen molar-refractivity contribution in [2.45, 2.75) is 49.7 Å². The second-order valence-corrected chi connectivity index (χ2v) is 9.16. The van der Waals surface area contributed by atoms with Crippen molar-refractivity contribution in [3.63, 3.8) is 0 Å². The van der Waals surface area contributed by atoms with Crippen molar-refractivity contribution in [2.24, 2.45) is 16.6 Å². The van der Waals surface area contributed by atoms with Crippen LogP contribution in [0.1, 0.15) is 47.9 Å². The molecule has 1 amide bonds. The van der Waals surface area contributed by atoms with Gasteiger partial charge in [0.1, 0.15) is 11.4 Å². The quantitative estimate of drug-likeness (QED) is 0.677. The third kappa shape index (κ3) is 2.57. The number of fused-ring (bicyclic) bond motifs is 4. The lowest BCUT2D eigenvalue weighted by Gasteiger charge is -2.38. The van der Waals surface area contributed by atoms with Crippen LogP contribution in [0.25, 0.3) is 0 Å². The number of hydrogen-bond donors (Lipinski definition) is 1. The van der Waals surface area contributed by atoms with Gasteiger partial charge in [-0.1, -0.05) is 36.1 Å². The zero-order chi connectivity index (χ0) is 21.2. The van der Waals surface area contributed by atoms with Crippen LogP contribution in [0, 0.1) is 17.8 Å².